The second-order valence-corrected chi connectivity index (χ2v) is 14.6. The standard InChI is InChI=1S/C42H40O24/c43-19-5-3-18(4-6-19)39-26(63-41-37(57)35(55)34(54)27(64-41)15-59-31(51)8-2-17-1-7-22(45)23(46)9-17)12-21-24(61-39)10-20(44)11-25(21)62-42-38(58)36(56)40(66-33(53)14-30(49)50)28(65-42)16-60-32(52)13-29(47)48/h1-12,27-28,34-38,40-43,45-46,54-58H,13-16H2,(H,47,48)(H,49,50)/b8-2+/t27-,28-,34-,35+,36-,37-,38-,40-,41-,42-/m1/s1. The molecule has 0 bridgehead atoms. The third-order valence-corrected chi connectivity index (χ3v) is 9.78. The molecule has 2 aromatic rings. The van der Waals surface area contributed by atoms with Gasteiger partial charge in [0, 0.05) is 23.8 Å². The van der Waals surface area contributed by atoms with Crippen LogP contribution >= 0.6 is 0 Å². The molecule has 6 rings (SSSR count). The van der Waals surface area contributed by atoms with E-state index in [-0.39, 0.29) is 34.1 Å². The number of phenols is 3. The summed E-state index contributed by atoms with van der Waals surface area (Å²) in [6.45, 7) is -1.64. The highest BCUT2D eigenvalue weighted by Gasteiger charge is 2.49. The predicted molar refractivity (Wildman–Crippen MR) is 212 cm³/mol. The van der Waals surface area contributed by atoms with Gasteiger partial charge in [-0.2, -0.15) is 0 Å². The molecule has 0 amide bonds. The molecule has 66 heavy (non-hydrogen) atoms. The zero-order chi connectivity index (χ0) is 48.0. The molecule has 10 N–H and O–H groups in total. The van der Waals surface area contributed by atoms with E-state index in [1.807, 2.05) is 0 Å². The molecule has 0 saturated carbocycles. The van der Waals surface area contributed by atoms with Crippen molar-refractivity contribution in [3.63, 3.8) is 0 Å². The van der Waals surface area contributed by atoms with E-state index in [0.29, 0.717) is 5.56 Å². The van der Waals surface area contributed by atoms with Gasteiger partial charge in [0.15, 0.2) is 34.5 Å². The highest BCUT2D eigenvalue weighted by molar-refractivity contribution is 5.91. The van der Waals surface area contributed by atoms with Gasteiger partial charge in [-0.1, -0.05) is 6.07 Å². The number of carbonyl (C=O) groups excluding carboxylic acids is 3. The number of carbonyl (C=O) groups is 5. The Hall–Kier alpha value is -7.32. The number of aliphatic carboxylic acids is 2. The second kappa shape index (κ2) is 20.7. The summed E-state index contributed by atoms with van der Waals surface area (Å²) in [5.41, 5.74) is -0.428. The largest absolute Gasteiger partial charge is 0.508 e. The zero-order valence-corrected chi connectivity index (χ0v) is 33.7. The fourth-order valence-electron chi connectivity index (χ4n) is 6.53. The minimum atomic E-state index is -2.16. The van der Waals surface area contributed by atoms with Crippen LogP contribution < -0.4 is 14.9 Å². The van der Waals surface area contributed by atoms with Gasteiger partial charge in [-0.3, -0.25) is 24.0 Å². The number of phenolic OH excluding ortho intramolecular Hbond substituents is 3. The summed E-state index contributed by atoms with van der Waals surface area (Å²) in [7, 11) is 0. The summed E-state index contributed by atoms with van der Waals surface area (Å²) in [4.78, 5) is 72.1. The van der Waals surface area contributed by atoms with E-state index in [1.54, 1.807) is 0 Å². The van der Waals surface area contributed by atoms with Crippen molar-refractivity contribution in [3.8, 4) is 51.4 Å². The van der Waals surface area contributed by atoms with Gasteiger partial charge in [0.1, 0.15) is 86.0 Å². The normalized spacial score (nSPS) is 25.2. The van der Waals surface area contributed by atoms with E-state index in [4.69, 9.17) is 47.8 Å². The van der Waals surface area contributed by atoms with Crippen LogP contribution in [-0.4, -0.2) is 156 Å². The third-order valence-electron chi connectivity index (χ3n) is 9.78. The number of benzene rings is 3. The summed E-state index contributed by atoms with van der Waals surface area (Å²) in [6.07, 6.45) is -19.3. The molecular formula is C42H40O24. The van der Waals surface area contributed by atoms with Crippen molar-refractivity contribution >= 4 is 35.9 Å². The third kappa shape index (κ3) is 11.7. The lowest BCUT2D eigenvalue weighted by Crippen LogP contribution is -2.61. The van der Waals surface area contributed by atoms with Crippen LogP contribution in [0.3, 0.4) is 0 Å². The molecule has 0 aromatic heterocycles. The van der Waals surface area contributed by atoms with Gasteiger partial charge in [0.2, 0.25) is 12.6 Å². The Labute approximate surface area is 369 Å². The van der Waals surface area contributed by atoms with E-state index in [1.165, 1.54) is 48.5 Å². The maximum absolute atomic E-state index is 13.0. The topological polar surface area (TPSA) is 382 Å². The molecule has 10 atom stereocenters. The highest BCUT2D eigenvalue weighted by atomic mass is 16.7. The van der Waals surface area contributed by atoms with E-state index in [2.05, 4.69) is 0 Å². The quantitative estimate of drug-likeness (QED) is 0.0216. The number of aliphatic hydroxyl groups is 5. The van der Waals surface area contributed by atoms with Crippen LogP contribution in [0.15, 0.2) is 76.0 Å². The molecule has 2 saturated heterocycles. The Morgan fingerprint density at radius 3 is 1.92 bits per heavy atom. The summed E-state index contributed by atoms with van der Waals surface area (Å²) in [5.74, 6) is -9.10. The lowest BCUT2D eigenvalue weighted by atomic mass is 9.98. The first-order chi connectivity index (χ1) is 31.3. The van der Waals surface area contributed by atoms with Crippen LogP contribution in [0.25, 0.3) is 28.7 Å². The fourth-order valence-corrected chi connectivity index (χ4v) is 6.53. The van der Waals surface area contributed by atoms with Gasteiger partial charge < -0.3 is 88.6 Å². The molecule has 24 heteroatoms. The van der Waals surface area contributed by atoms with Gasteiger partial charge in [0.05, 0.1) is 5.56 Å². The fraction of sp³-hybridized carbons (Fsp3) is 0.333. The van der Waals surface area contributed by atoms with Crippen LogP contribution in [0.2, 0.25) is 0 Å². The number of aromatic hydroxyl groups is 3. The molecule has 352 valence electrons. The number of rotatable bonds is 16. The average molecular weight is 929 g/mol. The van der Waals surface area contributed by atoms with Crippen molar-refractivity contribution in [2.75, 3.05) is 13.2 Å². The molecule has 3 aliphatic heterocycles. The van der Waals surface area contributed by atoms with Crippen molar-refractivity contribution in [3.05, 3.63) is 82.5 Å². The number of carboxylic acid groups (broad SMARTS) is 2. The second-order valence-electron chi connectivity index (χ2n) is 14.6. The summed E-state index contributed by atoms with van der Waals surface area (Å²) in [6, 6.07) is 12.1. The molecule has 24 nitrogen and oxygen atoms in total. The lowest BCUT2D eigenvalue weighted by Gasteiger charge is -2.41. The van der Waals surface area contributed by atoms with Gasteiger partial charge in [0.25, 0.3) is 0 Å². The molecule has 0 spiro atoms. The van der Waals surface area contributed by atoms with E-state index in [0.717, 1.165) is 24.3 Å². The molecule has 2 aromatic carbocycles. The smallest absolute Gasteiger partial charge is 0.330 e. The maximum Gasteiger partial charge on any atom is 0.330 e. The first-order valence-corrected chi connectivity index (χ1v) is 19.4. The van der Waals surface area contributed by atoms with Crippen LogP contribution in [0, 0.1) is 0 Å². The first-order valence-electron chi connectivity index (χ1n) is 19.4. The SMILES string of the molecule is O=C(O)CC(=O)OC[C@H]1O[C@@H](Oc2cc(=O)cc3oc(-c4ccc(O)cc4)c(O[C@@H]4O[C@H](COC(=O)/C=C/c5ccc(O)c(O)c5)[C@@H](O)[C@H](O)[C@H]4O)cc2-3)[C@H](O)[C@@H](O)[C@@H]1OC(=O)CC(=O)O. The summed E-state index contributed by atoms with van der Waals surface area (Å²) < 4.78 is 44.5. The number of fused-ring (bicyclic) bond motifs is 1. The maximum atomic E-state index is 13.0. The summed E-state index contributed by atoms with van der Waals surface area (Å²) >= 11 is 0. The van der Waals surface area contributed by atoms with Crippen molar-refractivity contribution in [1.82, 2.24) is 0 Å². The van der Waals surface area contributed by atoms with E-state index in [9.17, 15) is 69.6 Å². The molecular weight excluding hydrogens is 888 g/mol. The molecule has 4 aliphatic rings. The van der Waals surface area contributed by atoms with Crippen molar-refractivity contribution in [2.45, 2.75) is 74.3 Å². The number of hydrogen-bond acceptors (Lipinski definition) is 22. The Morgan fingerprint density at radius 2 is 1.26 bits per heavy atom. The minimum Gasteiger partial charge on any atom is -0.508 e. The van der Waals surface area contributed by atoms with E-state index >= 15 is 0 Å². The van der Waals surface area contributed by atoms with Gasteiger partial charge in [-0.25, -0.2) is 4.79 Å². The summed E-state index contributed by atoms with van der Waals surface area (Å²) in [5, 5.41) is 102. The van der Waals surface area contributed by atoms with Crippen molar-refractivity contribution < 1.29 is 113 Å². The van der Waals surface area contributed by atoms with Crippen LogP contribution in [-0.2, 0) is 47.7 Å². The molecule has 0 radical (unpaired) electrons. The number of carboxylic acids is 2. The number of esters is 3. The Morgan fingerprint density at radius 1 is 0.636 bits per heavy atom. The van der Waals surface area contributed by atoms with E-state index < -0.39 is 140 Å². The molecule has 0 unspecified atom stereocenters. The number of hydrogen-bond donors (Lipinski definition) is 10. The lowest BCUT2D eigenvalue weighted by molar-refractivity contribution is -0.282. The molecule has 1 aliphatic carbocycles. The Bertz CT molecular complexity index is 2480. The Kier molecular flexibility index (Phi) is 15.1. The highest BCUT2D eigenvalue weighted by Crippen LogP contribution is 2.43. The van der Waals surface area contributed by atoms with Crippen molar-refractivity contribution in [1.29, 1.82) is 0 Å². The van der Waals surface area contributed by atoms with Crippen LogP contribution in [0.1, 0.15) is 18.4 Å². The molecule has 2 fully saturated rings. The monoisotopic (exact) mass is 928 g/mol. The minimum absolute atomic E-state index is 0.151. The zero-order valence-electron chi connectivity index (χ0n) is 33.7. The van der Waals surface area contributed by atoms with Gasteiger partial charge in [-0.15, -0.1) is 0 Å². The predicted octanol–water partition coefficient (Wildman–Crippen LogP) is -0.799. The average Bonchev–Trinajstić information content (AvgIpc) is 3.25. The van der Waals surface area contributed by atoms with Gasteiger partial charge in [-0.05, 0) is 54.1 Å². The van der Waals surface area contributed by atoms with Gasteiger partial charge >= 0.3 is 29.8 Å². The number of aliphatic hydroxyl groups excluding tert-OH is 5. The van der Waals surface area contributed by atoms with Crippen molar-refractivity contribution in [2.24, 2.45) is 0 Å². The first kappa shape index (κ1) is 48.1. The van der Waals surface area contributed by atoms with Crippen LogP contribution in [0.4, 0.5) is 0 Å². The van der Waals surface area contributed by atoms with Crippen LogP contribution in [0.5, 0.6) is 28.7 Å². The number of ether oxygens (including phenoxy) is 7. The molecule has 3 heterocycles. The Balaban J connectivity index is 1.30.